The predicted octanol–water partition coefficient (Wildman–Crippen LogP) is 4.66. The molecule has 0 spiro atoms. The summed E-state index contributed by atoms with van der Waals surface area (Å²) >= 11 is 6.70. The van der Waals surface area contributed by atoms with E-state index in [1.807, 2.05) is 24.0 Å². The lowest BCUT2D eigenvalue weighted by atomic mass is 10.0. The van der Waals surface area contributed by atoms with Crippen LogP contribution in [0.5, 0.6) is 6.01 Å². The highest BCUT2D eigenvalue weighted by atomic mass is 35.5. The molecule has 1 amide bonds. The number of aromatic nitrogens is 2. The highest BCUT2D eigenvalue weighted by molar-refractivity contribution is 6.36. The van der Waals surface area contributed by atoms with Crippen LogP contribution in [0.4, 0.5) is 11.5 Å². The standard InChI is InChI=1S/C32H38ClN7O2/c1-3-29(41)40-18-17-39(19-23(40)12-14-34)31-25-13-16-38(28-11-5-8-22-7-4-10-26(33)30(22)28)20-27(25)35-32(36-31)42-21-24-9-6-15-37(24)2/h4-5,7-8,10-11,23-24H,3,6,9,12-13,15-21H2,1-2H3. The SMILES string of the molecule is CCC(=O)N1CCN(c2nc(OCC3CCCN3C)nc3c2CCN(c2cccc4cccc(Cl)c24)C3)CC1CC#N. The Balaban J connectivity index is 1.34. The number of nitriles is 1. The van der Waals surface area contributed by atoms with E-state index in [-0.39, 0.29) is 11.9 Å². The molecule has 0 N–H and O–H groups in total. The first kappa shape index (κ1) is 28.5. The summed E-state index contributed by atoms with van der Waals surface area (Å²) in [7, 11) is 2.14. The summed E-state index contributed by atoms with van der Waals surface area (Å²) in [6.07, 6.45) is 3.78. The van der Waals surface area contributed by atoms with Gasteiger partial charge >= 0.3 is 6.01 Å². The van der Waals surface area contributed by atoms with E-state index in [1.165, 1.54) is 6.42 Å². The molecule has 10 heteroatoms. The Morgan fingerprint density at radius 2 is 1.93 bits per heavy atom. The number of piperazine rings is 1. The Bertz CT molecular complexity index is 1500. The predicted molar refractivity (Wildman–Crippen MR) is 165 cm³/mol. The second-order valence-electron chi connectivity index (χ2n) is 11.5. The molecule has 2 fully saturated rings. The van der Waals surface area contributed by atoms with Crippen LogP contribution in [0.2, 0.25) is 5.02 Å². The number of likely N-dealkylation sites (tertiary alicyclic amines) is 1. The van der Waals surface area contributed by atoms with Crippen molar-refractivity contribution in [3.05, 3.63) is 52.7 Å². The number of rotatable bonds is 7. The molecule has 0 aliphatic carbocycles. The molecule has 3 aromatic rings. The van der Waals surface area contributed by atoms with Gasteiger partial charge in [0.05, 0.1) is 35.8 Å². The van der Waals surface area contributed by atoms with Crippen LogP contribution in [0.25, 0.3) is 10.8 Å². The van der Waals surface area contributed by atoms with Crippen molar-refractivity contribution in [2.24, 2.45) is 0 Å². The second kappa shape index (κ2) is 12.3. The van der Waals surface area contributed by atoms with Crippen molar-refractivity contribution >= 4 is 39.8 Å². The molecule has 3 aliphatic heterocycles. The van der Waals surface area contributed by atoms with Gasteiger partial charge in [-0.1, -0.05) is 42.8 Å². The van der Waals surface area contributed by atoms with Crippen LogP contribution in [0.15, 0.2) is 36.4 Å². The second-order valence-corrected chi connectivity index (χ2v) is 11.9. The Kier molecular flexibility index (Phi) is 8.36. The van der Waals surface area contributed by atoms with Crippen LogP contribution in [0.3, 0.4) is 0 Å². The van der Waals surface area contributed by atoms with Gasteiger partial charge in [0.15, 0.2) is 0 Å². The van der Waals surface area contributed by atoms with Crippen molar-refractivity contribution in [3.63, 3.8) is 0 Å². The third-order valence-electron chi connectivity index (χ3n) is 9.00. The summed E-state index contributed by atoms with van der Waals surface area (Å²) in [6, 6.07) is 15.2. The molecule has 1 aromatic heterocycles. The number of carbonyl (C=O) groups excluding carboxylic acids is 1. The van der Waals surface area contributed by atoms with Crippen LogP contribution >= 0.6 is 11.6 Å². The van der Waals surface area contributed by atoms with Gasteiger partial charge in [-0.15, -0.1) is 0 Å². The molecule has 4 heterocycles. The van der Waals surface area contributed by atoms with Gasteiger partial charge in [-0.2, -0.15) is 15.2 Å². The van der Waals surface area contributed by atoms with E-state index < -0.39 is 0 Å². The molecule has 42 heavy (non-hydrogen) atoms. The zero-order valence-electron chi connectivity index (χ0n) is 24.4. The molecule has 0 bridgehead atoms. The normalized spacial score (nSPS) is 21.0. The third kappa shape index (κ3) is 5.58. The fraction of sp³-hybridized carbons (Fsp3) is 0.500. The lowest BCUT2D eigenvalue weighted by molar-refractivity contribution is -0.133. The van der Waals surface area contributed by atoms with Crippen LogP contribution in [-0.4, -0.2) is 84.1 Å². The maximum Gasteiger partial charge on any atom is 0.318 e. The van der Waals surface area contributed by atoms with Gasteiger partial charge in [0, 0.05) is 55.3 Å². The zero-order chi connectivity index (χ0) is 29.2. The van der Waals surface area contributed by atoms with Crippen molar-refractivity contribution in [1.29, 1.82) is 5.26 Å². The number of amides is 1. The smallest absolute Gasteiger partial charge is 0.318 e. The molecular formula is C32H38ClN7O2. The summed E-state index contributed by atoms with van der Waals surface area (Å²) in [4.78, 5) is 31.4. The minimum Gasteiger partial charge on any atom is -0.462 e. The van der Waals surface area contributed by atoms with Crippen LogP contribution in [-0.2, 0) is 17.8 Å². The first-order chi connectivity index (χ1) is 20.5. The molecular weight excluding hydrogens is 550 g/mol. The molecule has 3 aliphatic rings. The molecule has 0 saturated carbocycles. The number of hydrogen-bond acceptors (Lipinski definition) is 8. The maximum absolute atomic E-state index is 12.6. The average Bonchev–Trinajstić information content (AvgIpc) is 3.43. The zero-order valence-corrected chi connectivity index (χ0v) is 25.2. The van der Waals surface area contributed by atoms with Crippen molar-refractivity contribution in [3.8, 4) is 12.1 Å². The van der Waals surface area contributed by atoms with Crippen molar-refractivity contribution in [2.45, 2.75) is 57.7 Å². The van der Waals surface area contributed by atoms with Gasteiger partial charge in [-0.3, -0.25) is 4.79 Å². The van der Waals surface area contributed by atoms with E-state index in [0.717, 1.165) is 64.5 Å². The van der Waals surface area contributed by atoms with Gasteiger partial charge in [0.2, 0.25) is 5.91 Å². The van der Waals surface area contributed by atoms with Gasteiger partial charge in [-0.05, 0) is 50.4 Å². The van der Waals surface area contributed by atoms with E-state index in [1.54, 1.807) is 0 Å². The van der Waals surface area contributed by atoms with Crippen molar-refractivity contribution in [2.75, 3.05) is 56.2 Å². The Morgan fingerprint density at radius 1 is 1.10 bits per heavy atom. The van der Waals surface area contributed by atoms with Crippen molar-refractivity contribution < 1.29 is 9.53 Å². The maximum atomic E-state index is 12.6. The van der Waals surface area contributed by atoms with E-state index in [9.17, 15) is 10.1 Å². The highest BCUT2D eigenvalue weighted by Gasteiger charge is 2.34. The van der Waals surface area contributed by atoms with Gasteiger partial charge in [0.1, 0.15) is 12.4 Å². The van der Waals surface area contributed by atoms with Gasteiger partial charge < -0.3 is 24.3 Å². The van der Waals surface area contributed by atoms with Crippen LogP contribution in [0, 0.1) is 11.3 Å². The largest absolute Gasteiger partial charge is 0.462 e. The minimum absolute atomic E-state index is 0.0914. The molecule has 2 atom stereocenters. The molecule has 2 unspecified atom stereocenters. The van der Waals surface area contributed by atoms with Gasteiger partial charge in [0.25, 0.3) is 0 Å². The fourth-order valence-electron chi connectivity index (χ4n) is 6.68. The average molecular weight is 588 g/mol. The molecule has 2 saturated heterocycles. The highest BCUT2D eigenvalue weighted by Crippen LogP contribution is 2.37. The number of benzene rings is 2. The Morgan fingerprint density at radius 3 is 2.69 bits per heavy atom. The molecule has 2 aromatic carbocycles. The number of fused-ring (bicyclic) bond motifs is 2. The quantitative estimate of drug-likeness (QED) is 0.394. The topological polar surface area (TPSA) is 88.8 Å². The first-order valence-corrected chi connectivity index (χ1v) is 15.4. The molecule has 0 radical (unpaired) electrons. The number of halogens is 1. The lowest BCUT2D eigenvalue weighted by Gasteiger charge is -2.42. The Labute approximate surface area is 252 Å². The third-order valence-corrected chi connectivity index (χ3v) is 9.32. The van der Waals surface area contributed by atoms with E-state index in [2.05, 4.69) is 52.1 Å². The number of carbonyl (C=O) groups is 1. The van der Waals surface area contributed by atoms with Crippen molar-refractivity contribution in [1.82, 2.24) is 19.8 Å². The molecule has 6 rings (SSSR count). The summed E-state index contributed by atoms with van der Waals surface area (Å²) in [5.74, 6) is 0.964. The van der Waals surface area contributed by atoms with E-state index in [4.69, 9.17) is 26.3 Å². The first-order valence-electron chi connectivity index (χ1n) is 15.0. The van der Waals surface area contributed by atoms with E-state index >= 15 is 0 Å². The molecule has 9 nitrogen and oxygen atoms in total. The Hall–Kier alpha value is -3.61. The number of nitrogens with zero attached hydrogens (tertiary/aromatic N) is 7. The summed E-state index contributed by atoms with van der Waals surface area (Å²) in [5.41, 5.74) is 3.17. The monoisotopic (exact) mass is 587 g/mol. The van der Waals surface area contributed by atoms with E-state index in [0.29, 0.717) is 57.7 Å². The minimum atomic E-state index is -0.170. The molecule has 220 valence electrons. The fourth-order valence-corrected chi connectivity index (χ4v) is 6.96. The number of anilines is 2. The lowest BCUT2D eigenvalue weighted by Crippen LogP contribution is -2.55. The van der Waals surface area contributed by atoms with Crippen LogP contribution in [0.1, 0.15) is 43.9 Å². The van der Waals surface area contributed by atoms with Crippen LogP contribution < -0.4 is 14.5 Å². The number of likely N-dealkylation sites (N-methyl/N-ethyl adjacent to an activating group) is 1. The summed E-state index contributed by atoms with van der Waals surface area (Å²) < 4.78 is 6.29. The summed E-state index contributed by atoms with van der Waals surface area (Å²) in [5, 5.41) is 12.4. The summed E-state index contributed by atoms with van der Waals surface area (Å²) in [6.45, 7) is 6.71. The number of hydrogen-bond donors (Lipinski definition) is 0. The number of ether oxygens (including phenoxy) is 1. The van der Waals surface area contributed by atoms with Gasteiger partial charge in [-0.25, -0.2) is 0 Å².